The second-order valence-corrected chi connectivity index (χ2v) is 3.13. The zero-order valence-corrected chi connectivity index (χ0v) is 8.16. The number of benzene rings is 1. The molecule has 0 aromatic heterocycles. The van der Waals surface area contributed by atoms with Gasteiger partial charge in [0.1, 0.15) is 0 Å². The third kappa shape index (κ3) is 3.28. The van der Waals surface area contributed by atoms with Gasteiger partial charge in [0.25, 0.3) is 0 Å². The number of nitrogen functional groups attached to an aromatic ring is 1. The SMILES string of the molecule is Nc1ccc([C@H](N)CO)cc1OC(F)(F)F. The van der Waals surface area contributed by atoms with Gasteiger partial charge < -0.3 is 21.3 Å². The molecule has 16 heavy (non-hydrogen) atoms. The van der Waals surface area contributed by atoms with Crippen LogP contribution in [0.15, 0.2) is 18.2 Å². The van der Waals surface area contributed by atoms with Crippen LogP contribution in [0.25, 0.3) is 0 Å². The Balaban J connectivity index is 2.99. The Labute approximate surface area is 89.6 Å². The third-order valence-electron chi connectivity index (χ3n) is 1.89. The lowest BCUT2D eigenvalue weighted by atomic mass is 10.1. The minimum atomic E-state index is -4.81. The number of aliphatic hydroxyl groups excluding tert-OH is 1. The molecule has 0 bridgehead atoms. The summed E-state index contributed by atoms with van der Waals surface area (Å²) in [6.07, 6.45) is -4.81. The van der Waals surface area contributed by atoms with E-state index in [1.54, 1.807) is 0 Å². The summed E-state index contributed by atoms with van der Waals surface area (Å²) in [5, 5.41) is 8.76. The van der Waals surface area contributed by atoms with Crippen molar-refractivity contribution in [3.8, 4) is 5.75 Å². The Hall–Kier alpha value is -1.47. The summed E-state index contributed by atoms with van der Waals surface area (Å²) >= 11 is 0. The van der Waals surface area contributed by atoms with Crippen molar-refractivity contribution in [3.05, 3.63) is 23.8 Å². The molecule has 4 nitrogen and oxygen atoms in total. The summed E-state index contributed by atoms with van der Waals surface area (Å²) in [5.41, 5.74) is 10.9. The molecule has 0 aliphatic rings. The van der Waals surface area contributed by atoms with Gasteiger partial charge in [0.2, 0.25) is 0 Å². The lowest BCUT2D eigenvalue weighted by Crippen LogP contribution is -2.19. The Morgan fingerprint density at radius 2 is 2.00 bits per heavy atom. The fourth-order valence-corrected chi connectivity index (χ4v) is 1.10. The highest BCUT2D eigenvalue weighted by Crippen LogP contribution is 2.30. The lowest BCUT2D eigenvalue weighted by Gasteiger charge is -2.14. The van der Waals surface area contributed by atoms with Gasteiger partial charge in [-0.25, -0.2) is 0 Å². The number of hydrogen-bond donors (Lipinski definition) is 3. The summed E-state index contributed by atoms with van der Waals surface area (Å²) in [6.45, 7) is -0.380. The number of hydrogen-bond acceptors (Lipinski definition) is 4. The van der Waals surface area contributed by atoms with E-state index in [9.17, 15) is 13.2 Å². The number of rotatable bonds is 3. The molecule has 0 aliphatic carbocycles. The van der Waals surface area contributed by atoms with E-state index in [2.05, 4.69) is 4.74 Å². The average molecular weight is 236 g/mol. The van der Waals surface area contributed by atoms with Gasteiger partial charge in [-0.2, -0.15) is 0 Å². The highest BCUT2D eigenvalue weighted by Gasteiger charge is 2.32. The zero-order valence-electron chi connectivity index (χ0n) is 8.16. The second kappa shape index (κ2) is 4.58. The van der Waals surface area contributed by atoms with Crippen molar-refractivity contribution < 1.29 is 23.0 Å². The van der Waals surface area contributed by atoms with Gasteiger partial charge in [0, 0.05) is 0 Å². The molecule has 0 radical (unpaired) electrons. The van der Waals surface area contributed by atoms with E-state index >= 15 is 0 Å². The van der Waals surface area contributed by atoms with Crippen molar-refractivity contribution in [1.29, 1.82) is 0 Å². The highest BCUT2D eigenvalue weighted by molar-refractivity contribution is 5.54. The number of ether oxygens (including phenoxy) is 1. The largest absolute Gasteiger partial charge is 0.573 e. The molecule has 90 valence electrons. The Morgan fingerprint density at radius 1 is 1.38 bits per heavy atom. The Bertz CT molecular complexity index is 368. The minimum Gasteiger partial charge on any atom is -0.404 e. The average Bonchev–Trinajstić information content (AvgIpc) is 2.18. The molecule has 7 heteroatoms. The molecule has 0 heterocycles. The fourth-order valence-electron chi connectivity index (χ4n) is 1.10. The third-order valence-corrected chi connectivity index (χ3v) is 1.89. The maximum Gasteiger partial charge on any atom is 0.573 e. The lowest BCUT2D eigenvalue weighted by molar-refractivity contribution is -0.274. The summed E-state index contributed by atoms with van der Waals surface area (Å²) < 4.78 is 39.6. The van der Waals surface area contributed by atoms with Crippen LogP contribution in [0.2, 0.25) is 0 Å². The molecule has 0 fully saturated rings. The quantitative estimate of drug-likeness (QED) is 0.688. The summed E-state index contributed by atoms with van der Waals surface area (Å²) in [7, 11) is 0. The zero-order chi connectivity index (χ0) is 12.3. The molecule has 0 saturated carbocycles. The van der Waals surface area contributed by atoms with E-state index < -0.39 is 18.2 Å². The van der Waals surface area contributed by atoms with Crippen molar-refractivity contribution in [2.45, 2.75) is 12.4 Å². The van der Waals surface area contributed by atoms with E-state index in [0.29, 0.717) is 5.56 Å². The molecule has 1 aromatic rings. The van der Waals surface area contributed by atoms with Crippen LogP contribution in [-0.2, 0) is 0 Å². The van der Waals surface area contributed by atoms with Crippen molar-refractivity contribution in [2.75, 3.05) is 12.3 Å². The van der Waals surface area contributed by atoms with Crippen molar-refractivity contribution in [1.82, 2.24) is 0 Å². The molecule has 0 spiro atoms. The maximum absolute atomic E-state index is 12.0. The van der Waals surface area contributed by atoms with Crippen molar-refractivity contribution in [3.63, 3.8) is 0 Å². The van der Waals surface area contributed by atoms with Crippen LogP contribution < -0.4 is 16.2 Å². The molecule has 0 saturated heterocycles. The molecule has 0 amide bonds. The van der Waals surface area contributed by atoms with E-state index in [-0.39, 0.29) is 12.3 Å². The summed E-state index contributed by atoms with van der Waals surface area (Å²) in [4.78, 5) is 0. The van der Waals surface area contributed by atoms with Gasteiger partial charge in [0.05, 0.1) is 18.3 Å². The molecule has 0 unspecified atom stereocenters. The van der Waals surface area contributed by atoms with Gasteiger partial charge in [-0.3, -0.25) is 0 Å². The smallest absolute Gasteiger partial charge is 0.404 e. The normalized spacial score (nSPS) is 13.6. The first-order valence-corrected chi connectivity index (χ1v) is 4.35. The first-order chi connectivity index (χ1) is 7.33. The van der Waals surface area contributed by atoms with Crippen LogP contribution in [0.3, 0.4) is 0 Å². The number of aliphatic hydroxyl groups is 1. The Kier molecular flexibility index (Phi) is 3.61. The van der Waals surface area contributed by atoms with E-state index in [1.165, 1.54) is 12.1 Å². The first kappa shape index (κ1) is 12.6. The van der Waals surface area contributed by atoms with Gasteiger partial charge in [-0.05, 0) is 17.7 Å². The number of anilines is 1. The van der Waals surface area contributed by atoms with Crippen molar-refractivity contribution >= 4 is 5.69 Å². The van der Waals surface area contributed by atoms with Crippen LogP contribution >= 0.6 is 0 Å². The Morgan fingerprint density at radius 3 is 2.50 bits per heavy atom. The molecule has 5 N–H and O–H groups in total. The van der Waals surface area contributed by atoms with Crippen LogP contribution in [0.4, 0.5) is 18.9 Å². The standard InChI is InChI=1S/C9H11F3N2O2/c10-9(11,12)16-8-3-5(7(14)4-15)1-2-6(8)13/h1-3,7,15H,4,13-14H2/t7-/m1/s1. The van der Waals surface area contributed by atoms with Gasteiger partial charge in [-0.15, -0.1) is 13.2 Å². The van der Waals surface area contributed by atoms with E-state index in [4.69, 9.17) is 16.6 Å². The number of nitrogens with two attached hydrogens (primary N) is 2. The molecular weight excluding hydrogens is 225 g/mol. The van der Waals surface area contributed by atoms with Gasteiger partial charge in [-0.1, -0.05) is 6.07 Å². The monoisotopic (exact) mass is 236 g/mol. The van der Waals surface area contributed by atoms with Crippen LogP contribution in [0.1, 0.15) is 11.6 Å². The molecule has 0 aliphatic heterocycles. The molecule has 1 rings (SSSR count). The van der Waals surface area contributed by atoms with E-state index in [1.807, 2.05) is 0 Å². The van der Waals surface area contributed by atoms with Crippen LogP contribution in [0.5, 0.6) is 5.75 Å². The van der Waals surface area contributed by atoms with Gasteiger partial charge >= 0.3 is 6.36 Å². The summed E-state index contributed by atoms with van der Waals surface area (Å²) in [5.74, 6) is -0.520. The maximum atomic E-state index is 12.0. The minimum absolute atomic E-state index is 0.147. The molecule has 1 aromatic carbocycles. The first-order valence-electron chi connectivity index (χ1n) is 4.35. The predicted molar refractivity (Wildman–Crippen MR) is 51.6 cm³/mol. The topological polar surface area (TPSA) is 81.5 Å². The fraction of sp³-hybridized carbons (Fsp3) is 0.333. The molecular formula is C9H11F3N2O2. The highest BCUT2D eigenvalue weighted by atomic mass is 19.4. The van der Waals surface area contributed by atoms with E-state index in [0.717, 1.165) is 6.07 Å². The second-order valence-electron chi connectivity index (χ2n) is 3.13. The van der Waals surface area contributed by atoms with Crippen LogP contribution in [-0.4, -0.2) is 18.1 Å². The molecule has 1 atom stereocenters. The van der Waals surface area contributed by atoms with Crippen molar-refractivity contribution in [2.24, 2.45) is 5.73 Å². The number of alkyl halides is 3. The summed E-state index contributed by atoms with van der Waals surface area (Å²) in [6, 6.07) is 2.96. The number of halogens is 3. The van der Waals surface area contributed by atoms with Crippen LogP contribution in [0, 0.1) is 0 Å². The van der Waals surface area contributed by atoms with Gasteiger partial charge in [0.15, 0.2) is 5.75 Å². The predicted octanol–water partition coefficient (Wildman–Crippen LogP) is 1.16.